The normalized spacial score (nSPS) is 17.8. The quantitative estimate of drug-likeness (QED) is 0.519. The van der Waals surface area contributed by atoms with Gasteiger partial charge in [-0.2, -0.15) is 0 Å². The maximum absolute atomic E-state index is 11.8. The van der Waals surface area contributed by atoms with Crippen molar-refractivity contribution in [2.24, 2.45) is 5.41 Å². The van der Waals surface area contributed by atoms with E-state index in [-0.39, 0.29) is 19.2 Å². The average molecular weight is 258 g/mol. The Morgan fingerprint density at radius 1 is 1.22 bits per heavy atom. The fourth-order valence-corrected chi connectivity index (χ4v) is 1.68. The zero-order valence-electron chi connectivity index (χ0n) is 11.2. The van der Waals surface area contributed by atoms with E-state index in [2.05, 4.69) is 6.92 Å². The van der Waals surface area contributed by atoms with Crippen LogP contribution in [0.15, 0.2) is 0 Å². The van der Waals surface area contributed by atoms with Gasteiger partial charge in [-0.1, -0.05) is 32.6 Å². The van der Waals surface area contributed by atoms with Gasteiger partial charge in [0, 0.05) is 0 Å². The van der Waals surface area contributed by atoms with Crippen LogP contribution in [0.2, 0.25) is 0 Å². The molecule has 1 heterocycles. The van der Waals surface area contributed by atoms with Gasteiger partial charge in [0.15, 0.2) is 0 Å². The summed E-state index contributed by atoms with van der Waals surface area (Å²) in [4.78, 5) is 22.6. The number of hydrogen-bond acceptors (Lipinski definition) is 5. The van der Waals surface area contributed by atoms with Gasteiger partial charge < -0.3 is 14.2 Å². The third kappa shape index (κ3) is 4.55. The number of ether oxygens (including phenoxy) is 3. The lowest BCUT2D eigenvalue weighted by Crippen LogP contribution is -2.44. The van der Waals surface area contributed by atoms with Crippen molar-refractivity contribution in [3.63, 3.8) is 0 Å². The third-order valence-electron chi connectivity index (χ3n) is 2.99. The van der Waals surface area contributed by atoms with Crippen molar-refractivity contribution < 1.29 is 23.8 Å². The molecule has 0 aliphatic carbocycles. The van der Waals surface area contributed by atoms with Gasteiger partial charge in [0.05, 0.1) is 6.61 Å². The number of rotatable bonds is 7. The first-order chi connectivity index (χ1) is 8.58. The van der Waals surface area contributed by atoms with Gasteiger partial charge in [-0.3, -0.25) is 4.79 Å². The van der Waals surface area contributed by atoms with Crippen molar-refractivity contribution >= 4 is 12.1 Å². The van der Waals surface area contributed by atoms with Gasteiger partial charge in [0.1, 0.15) is 18.6 Å². The van der Waals surface area contributed by atoms with Crippen molar-refractivity contribution in [3.8, 4) is 0 Å². The molecule has 0 saturated carbocycles. The Labute approximate surface area is 108 Å². The van der Waals surface area contributed by atoms with E-state index < -0.39 is 11.6 Å². The van der Waals surface area contributed by atoms with E-state index in [1.807, 2.05) is 0 Å². The van der Waals surface area contributed by atoms with Crippen molar-refractivity contribution in [3.05, 3.63) is 0 Å². The zero-order chi connectivity index (χ0) is 13.4. The summed E-state index contributed by atoms with van der Waals surface area (Å²) >= 11 is 0. The number of esters is 1. The van der Waals surface area contributed by atoms with Crippen molar-refractivity contribution in [2.75, 3.05) is 19.8 Å². The average Bonchev–Trinajstić information content (AvgIpc) is 2.37. The van der Waals surface area contributed by atoms with Crippen LogP contribution in [0, 0.1) is 5.41 Å². The predicted molar refractivity (Wildman–Crippen MR) is 65.1 cm³/mol. The van der Waals surface area contributed by atoms with Crippen molar-refractivity contribution in [1.82, 2.24) is 0 Å². The summed E-state index contributed by atoms with van der Waals surface area (Å²) in [6.45, 7) is 4.32. The minimum atomic E-state index is -0.864. The Morgan fingerprint density at radius 2 is 1.83 bits per heavy atom. The molecule has 18 heavy (non-hydrogen) atoms. The van der Waals surface area contributed by atoms with Crippen molar-refractivity contribution in [2.45, 2.75) is 46.0 Å². The largest absolute Gasteiger partial charge is 0.508 e. The van der Waals surface area contributed by atoms with Gasteiger partial charge in [0.2, 0.25) is 0 Å². The van der Waals surface area contributed by atoms with Gasteiger partial charge in [0.25, 0.3) is 0 Å². The monoisotopic (exact) mass is 258 g/mol. The predicted octanol–water partition coefficient (Wildman–Crippen LogP) is 2.67. The molecule has 0 unspecified atom stereocenters. The Morgan fingerprint density at radius 3 is 2.44 bits per heavy atom. The summed E-state index contributed by atoms with van der Waals surface area (Å²) in [6, 6.07) is 0. The molecule has 0 bridgehead atoms. The first-order valence-corrected chi connectivity index (χ1v) is 6.55. The molecule has 5 nitrogen and oxygen atoms in total. The summed E-state index contributed by atoms with van der Waals surface area (Å²) in [7, 11) is 0. The number of hydrogen-bond donors (Lipinski definition) is 0. The van der Waals surface area contributed by atoms with Crippen LogP contribution in [0.5, 0.6) is 0 Å². The smallest absolute Gasteiger partial charge is 0.465 e. The highest BCUT2D eigenvalue weighted by molar-refractivity contribution is 5.78. The zero-order valence-corrected chi connectivity index (χ0v) is 11.2. The molecular weight excluding hydrogens is 236 g/mol. The summed E-state index contributed by atoms with van der Waals surface area (Å²) in [6.07, 6.45) is 4.81. The maximum atomic E-state index is 11.8. The summed E-state index contributed by atoms with van der Waals surface area (Å²) in [5, 5.41) is 0. The number of unbranched alkanes of at least 4 members (excludes halogenated alkanes) is 4. The molecule has 0 spiro atoms. The van der Waals surface area contributed by atoms with Crippen molar-refractivity contribution in [1.29, 1.82) is 0 Å². The Kier molecular flexibility index (Phi) is 5.95. The standard InChI is InChI=1S/C13H22O5/c1-3-4-5-6-7-8-16-11(14)13(2)9-17-12(15)18-10-13/h3-10H2,1-2H3. The second kappa shape index (κ2) is 7.24. The topological polar surface area (TPSA) is 61.8 Å². The minimum Gasteiger partial charge on any atom is -0.465 e. The highest BCUT2D eigenvalue weighted by atomic mass is 16.7. The summed E-state index contributed by atoms with van der Waals surface area (Å²) < 4.78 is 14.6. The highest BCUT2D eigenvalue weighted by Crippen LogP contribution is 2.24. The molecule has 1 fully saturated rings. The molecule has 0 atom stereocenters. The Balaban J connectivity index is 2.17. The number of carbonyl (C=O) groups is 2. The van der Waals surface area contributed by atoms with Crippen LogP contribution in [-0.4, -0.2) is 31.9 Å². The molecule has 1 saturated heterocycles. The van der Waals surface area contributed by atoms with Crippen LogP contribution >= 0.6 is 0 Å². The van der Waals surface area contributed by atoms with Gasteiger partial charge in [-0.05, 0) is 13.3 Å². The molecule has 0 amide bonds. The van der Waals surface area contributed by atoms with Crippen LogP contribution in [0.3, 0.4) is 0 Å². The van der Waals surface area contributed by atoms with E-state index in [0.717, 1.165) is 12.8 Å². The maximum Gasteiger partial charge on any atom is 0.508 e. The Hall–Kier alpha value is -1.26. The first kappa shape index (κ1) is 14.8. The van der Waals surface area contributed by atoms with Gasteiger partial charge in [-0.25, -0.2) is 4.79 Å². The van der Waals surface area contributed by atoms with Crippen LogP contribution in [-0.2, 0) is 19.0 Å². The molecule has 0 aromatic rings. The Bertz CT molecular complexity index is 277. The van der Waals surface area contributed by atoms with E-state index >= 15 is 0 Å². The molecule has 0 aromatic heterocycles. The molecule has 0 N–H and O–H groups in total. The summed E-state index contributed by atoms with van der Waals surface area (Å²) in [5.41, 5.74) is -0.864. The van der Waals surface area contributed by atoms with Crippen LogP contribution in [0.25, 0.3) is 0 Å². The molecule has 104 valence electrons. The van der Waals surface area contributed by atoms with Crippen LogP contribution in [0.4, 0.5) is 4.79 Å². The van der Waals surface area contributed by atoms with E-state index in [1.54, 1.807) is 6.92 Å². The second-order valence-corrected chi connectivity index (χ2v) is 4.94. The molecule has 1 aliphatic heterocycles. The lowest BCUT2D eigenvalue weighted by Gasteiger charge is -2.29. The fourth-order valence-electron chi connectivity index (χ4n) is 1.68. The number of carbonyl (C=O) groups excluding carboxylic acids is 2. The van der Waals surface area contributed by atoms with E-state index in [0.29, 0.717) is 6.61 Å². The lowest BCUT2D eigenvalue weighted by atomic mass is 9.93. The molecule has 0 aromatic carbocycles. The number of cyclic esters (lactones) is 2. The van der Waals surface area contributed by atoms with Gasteiger partial charge >= 0.3 is 12.1 Å². The van der Waals surface area contributed by atoms with E-state index in [9.17, 15) is 9.59 Å². The minimum absolute atomic E-state index is 0.0283. The fraction of sp³-hybridized carbons (Fsp3) is 0.846. The SMILES string of the molecule is CCCCCCCOC(=O)C1(C)COC(=O)OC1. The molecule has 1 aliphatic rings. The lowest BCUT2D eigenvalue weighted by molar-refractivity contribution is -0.166. The van der Waals surface area contributed by atoms with Crippen LogP contribution < -0.4 is 0 Å². The summed E-state index contributed by atoms with van der Waals surface area (Å²) in [5.74, 6) is -0.356. The second-order valence-electron chi connectivity index (χ2n) is 4.94. The van der Waals surface area contributed by atoms with E-state index in [1.165, 1.54) is 19.3 Å². The third-order valence-corrected chi connectivity index (χ3v) is 2.99. The molecule has 5 heteroatoms. The highest BCUT2D eigenvalue weighted by Gasteiger charge is 2.41. The van der Waals surface area contributed by atoms with Crippen LogP contribution in [0.1, 0.15) is 46.0 Å². The molecule has 0 radical (unpaired) electrons. The van der Waals surface area contributed by atoms with E-state index in [4.69, 9.17) is 14.2 Å². The first-order valence-electron chi connectivity index (χ1n) is 6.55. The van der Waals surface area contributed by atoms with Gasteiger partial charge in [-0.15, -0.1) is 0 Å². The molecule has 1 rings (SSSR count). The molecular formula is C13H22O5.